The van der Waals surface area contributed by atoms with Gasteiger partial charge in [-0.2, -0.15) is 0 Å². The van der Waals surface area contributed by atoms with Gasteiger partial charge in [0.1, 0.15) is 6.61 Å². The number of hydrogen-bond acceptors (Lipinski definition) is 5. The number of carbonyl (C=O) groups excluding carboxylic acids is 3. The highest BCUT2D eigenvalue weighted by Crippen LogP contribution is 2.10. The molecule has 0 saturated carbocycles. The zero-order valence-corrected chi connectivity index (χ0v) is 33.3. The monoisotopic (exact) mass is 729 g/mol. The molecule has 0 rings (SSSR count). The summed E-state index contributed by atoms with van der Waals surface area (Å²) in [6.07, 6.45) is 43.2. The average molecular weight is 729 g/mol. The lowest BCUT2D eigenvalue weighted by Crippen LogP contribution is -2.40. The molecule has 0 aromatic heterocycles. The third-order valence-corrected chi connectivity index (χ3v) is 8.92. The highest BCUT2D eigenvalue weighted by atomic mass is 16.5. The smallest absolute Gasteiger partial charge is 0.305 e. The van der Waals surface area contributed by atoms with Crippen molar-refractivity contribution in [1.82, 2.24) is 10.2 Å². The minimum Gasteiger partial charge on any atom is -0.481 e. The fourth-order valence-corrected chi connectivity index (χ4v) is 5.67. The molecule has 0 aliphatic rings. The Morgan fingerprint density at radius 2 is 1.00 bits per heavy atom. The normalized spacial score (nSPS) is 11.7. The van der Waals surface area contributed by atoms with Crippen LogP contribution >= 0.6 is 0 Å². The topological polar surface area (TPSA) is 113 Å². The van der Waals surface area contributed by atoms with Gasteiger partial charge in [-0.15, -0.1) is 0 Å². The molecule has 0 aromatic rings. The molecule has 0 bridgehead atoms. The van der Waals surface area contributed by atoms with Gasteiger partial charge < -0.3 is 20.1 Å². The number of aliphatic carboxylic acids is 1. The van der Waals surface area contributed by atoms with E-state index in [1.165, 1.54) is 62.7 Å². The zero-order chi connectivity index (χ0) is 38.2. The maximum Gasteiger partial charge on any atom is 0.305 e. The summed E-state index contributed by atoms with van der Waals surface area (Å²) in [7, 11) is 0. The van der Waals surface area contributed by atoms with Gasteiger partial charge >= 0.3 is 11.9 Å². The first-order valence-electron chi connectivity index (χ1n) is 20.9. The summed E-state index contributed by atoms with van der Waals surface area (Å²) in [6, 6.07) is 0. The molecule has 8 heteroatoms. The van der Waals surface area contributed by atoms with E-state index in [4.69, 9.17) is 9.84 Å². The summed E-state index contributed by atoms with van der Waals surface area (Å²) in [5.41, 5.74) is 0. The predicted molar refractivity (Wildman–Crippen MR) is 216 cm³/mol. The van der Waals surface area contributed by atoms with Gasteiger partial charge in [-0.1, -0.05) is 127 Å². The minimum absolute atomic E-state index is 0.0487. The number of nitrogens with zero attached hydrogens (tertiary/aromatic N) is 1. The number of hydrogen-bond donors (Lipinski definition) is 2. The molecule has 0 aliphatic heterocycles. The van der Waals surface area contributed by atoms with Gasteiger partial charge in [0.2, 0.25) is 11.8 Å². The van der Waals surface area contributed by atoms with Crippen LogP contribution in [0, 0.1) is 0 Å². The maximum atomic E-state index is 12.7. The number of ether oxygens (including phenoxy) is 1. The van der Waals surface area contributed by atoms with Crippen molar-refractivity contribution in [2.45, 2.75) is 181 Å². The molecule has 0 unspecified atom stereocenters. The first kappa shape index (κ1) is 48.8. The van der Waals surface area contributed by atoms with E-state index < -0.39 is 5.97 Å². The molecular weight excluding hydrogens is 652 g/mol. The van der Waals surface area contributed by atoms with Crippen LogP contribution in [-0.2, 0) is 23.9 Å². The molecule has 0 aromatic carbocycles. The quantitative estimate of drug-likeness (QED) is 0.0374. The number of rotatable bonds is 37. The van der Waals surface area contributed by atoms with Crippen LogP contribution in [0.3, 0.4) is 0 Å². The molecule has 0 heterocycles. The van der Waals surface area contributed by atoms with Crippen molar-refractivity contribution in [3.8, 4) is 0 Å². The lowest BCUT2D eigenvalue weighted by molar-refractivity contribution is -0.146. The molecule has 0 atom stereocenters. The first-order valence-corrected chi connectivity index (χ1v) is 20.9. The molecule has 8 nitrogen and oxygen atoms in total. The summed E-state index contributed by atoms with van der Waals surface area (Å²) in [5, 5.41) is 11.9. The van der Waals surface area contributed by atoms with E-state index in [1.54, 1.807) is 0 Å². The van der Waals surface area contributed by atoms with Crippen molar-refractivity contribution in [2.75, 3.05) is 26.2 Å². The number of carboxylic acids is 1. The van der Waals surface area contributed by atoms with E-state index in [2.05, 4.69) is 67.8 Å². The fourth-order valence-electron chi connectivity index (χ4n) is 5.67. The molecule has 0 radical (unpaired) electrons. The van der Waals surface area contributed by atoms with Crippen LogP contribution in [0.5, 0.6) is 0 Å². The van der Waals surface area contributed by atoms with Crippen LogP contribution in [0.1, 0.15) is 181 Å². The van der Waals surface area contributed by atoms with Gasteiger partial charge in [-0.25, -0.2) is 0 Å². The first-order chi connectivity index (χ1) is 25.4. The van der Waals surface area contributed by atoms with Crippen LogP contribution in [-0.4, -0.2) is 60.0 Å². The van der Waals surface area contributed by atoms with Gasteiger partial charge in [-0.3, -0.25) is 19.2 Å². The molecule has 298 valence electrons. The number of carboxylic acid groups (broad SMARTS) is 1. The van der Waals surface area contributed by atoms with E-state index in [-0.39, 0.29) is 56.9 Å². The molecule has 0 fully saturated rings. The minimum atomic E-state index is -1.04. The summed E-state index contributed by atoms with van der Waals surface area (Å²) in [5.74, 6) is -1.69. The second-order valence-corrected chi connectivity index (χ2v) is 13.8. The van der Waals surface area contributed by atoms with Crippen LogP contribution in [0.15, 0.2) is 48.6 Å². The Kier molecular flexibility index (Phi) is 36.7. The molecule has 2 amide bonds. The summed E-state index contributed by atoms with van der Waals surface area (Å²) < 4.78 is 5.37. The summed E-state index contributed by atoms with van der Waals surface area (Å²) >= 11 is 0. The zero-order valence-electron chi connectivity index (χ0n) is 33.3. The number of esters is 1. The number of allylic oxidation sites excluding steroid dienone is 8. The van der Waals surface area contributed by atoms with E-state index >= 15 is 0 Å². The van der Waals surface area contributed by atoms with E-state index in [0.717, 1.165) is 83.5 Å². The van der Waals surface area contributed by atoms with E-state index in [0.29, 0.717) is 12.8 Å². The predicted octanol–water partition coefficient (Wildman–Crippen LogP) is 11.0. The van der Waals surface area contributed by atoms with Crippen molar-refractivity contribution in [1.29, 1.82) is 0 Å². The third kappa shape index (κ3) is 36.6. The van der Waals surface area contributed by atoms with Crippen molar-refractivity contribution in [3.63, 3.8) is 0 Å². The highest BCUT2D eigenvalue weighted by molar-refractivity contribution is 5.81. The molecule has 2 N–H and O–H groups in total. The van der Waals surface area contributed by atoms with Gasteiger partial charge in [-0.05, 0) is 77.0 Å². The van der Waals surface area contributed by atoms with Crippen molar-refractivity contribution in [3.05, 3.63) is 48.6 Å². The van der Waals surface area contributed by atoms with Crippen LogP contribution in [0.4, 0.5) is 0 Å². The van der Waals surface area contributed by atoms with Crippen molar-refractivity contribution >= 4 is 23.8 Å². The molecule has 0 aliphatic carbocycles. The molecule has 52 heavy (non-hydrogen) atoms. The lowest BCUT2D eigenvalue weighted by Gasteiger charge is -2.22. The van der Waals surface area contributed by atoms with Gasteiger partial charge in [0, 0.05) is 32.4 Å². The lowest BCUT2D eigenvalue weighted by atomic mass is 10.1. The fraction of sp³-hybridized carbons (Fsp3) is 0.727. The molecular formula is C44H76N2O6. The highest BCUT2D eigenvalue weighted by Gasteiger charge is 2.16. The van der Waals surface area contributed by atoms with Crippen LogP contribution < -0.4 is 5.32 Å². The number of carbonyl (C=O) groups is 4. The SMILES string of the molecule is CCCCC/C=C\C/C=C\CCCCCCCC(=O)NCCN(CCOC(=O)CCCCCCC/C=C\C/C=C\CCCCC)C(=O)CCC(=O)O. The van der Waals surface area contributed by atoms with Crippen molar-refractivity contribution in [2.24, 2.45) is 0 Å². The molecule has 0 saturated heterocycles. The van der Waals surface area contributed by atoms with Gasteiger partial charge in [0.25, 0.3) is 0 Å². The van der Waals surface area contributed by atoms with Crippen LogP contribution in [0.2, 0.25) is 0 Å². The Morgan fingerprint density at radius 1 is 0.538 bits per heavy atom. The maximum absolute atomic E-state index is 12.7. The summed E-state index contributed by atoms with van der Waals surface area (Å²) in [4.78, 5) is 49.7. The van der Waals surface area contributed by atoms with E-state index in [1.807, 2.05) is 0 Å². The number of nitrogens with one attached hydrogen (secondary N) is 1. The Balaban J connectivity index is 4.05. The Bertz CT molecular complexity index is 939. The Hall–Kier alpha value is -3.16. The Morgan fingerprint density at radius 3 is 1.50 bits per heavy atom. The summed E-state index contributed by atoms with van der Waals surface area (Å²) in [6.45, 7) is 5.20. The molecule has 0 spiro atoms. The van der Waals surface area contributed by atoms with Gasteiger partial charge in [0.15, 0.2) is 0 Å². The number of amides is 2. The van der Waals surface area contributed by atoms with E-state index in [9.17, 15) is 19.2 Å². The third-order valence-electron chi connectivity index (χ3n) is 8.92. The Labute approximate surface area is 318 Å². The standard InChI is InChI=1S/C44H76N2O6/c1-3-5-7-9-11-13-15-17-19-21-23-25-27-29-31-33-41(47)45-37-38-46(42(48)35-36-43(49)50)39-40-52-44(51)34-32-30-28-26-24-22-20-18-16-14-12-10-8-6-4-2/h11-14,17-20H,3-10,15-16,21-40H2,1-2H3,(H,45,47)(H,49,50)/b13-11-,14-12-,19-17-,20-18-. The van der Waals surface area contributed by atoms with Crippen LogP contribution in [0.25, 0.3) is 0 Å². The largest absolute Gasteiger partial charge is 0.481 e. The second kappa shape index (κ2) is 39.1. The van der Waals surface area contributed by atoms with Crippen molar-refractivity contribution < 1.29 is 29.0 Å². The number of unbranched alkanes of at least 4 members (excludes halogenated alkanes) is 16. The van der Waals surface area contributed by atoms with Gasteiger partial charge in [0.05, 0.1) is 13.0 Å². The second-order valence-electron chi connectivity index (χ2n) is 13.8. The average Bonchev–Trinajstić information content (AvgIpc) is 3.13.